The van der Waals surface area contributed by atoms with E-state index < -0.39 is 9.84 Å². The lowest BCUT2D eigenvalue weighted by molar-refractivity contribution is 0.391. The minimum Gasteiger partial charge on any atom is -0.315 e. The smallest absolute Gasteiger partial charge is 0.151 e. The molecule has 3 nitrogen and oxygen atoms in total. The van der Waals surface area contributed by atoms with Crippen LogP contribution in [0.2, 0.25) is 0 Å². The first-order valence-electron chi connectivity index (χ1n) is 5.30. The minimum atomic E-state index is -2.85. The van der Waals surface area contributed by atoms with Crippen LogP contribution in [0.1, 0.15) is 27.2 Å². The van der Waals surface area contributed by atoms with Gasteiger partial charge in [0.25, 0.3) is 0 Å². The van der Waals surface area contributed by atoms with Gasteiger partial charge in [0.2, 0.25) is 0 Å². The molecule has 0 bridgehead atoms. The van der Waals surface area contributed by atoms with Gasteiger partial charge in [-0.2, -0.15) is 0 Å². The van der Waals surface area contributed by atoms with Crippen molar-refractivity contribution in [2.75, 3.05) is 30.5 Å². The van der Waals surface area contributed by atoms with Gasteiger partial charge in [-0.1, -0.05) is 20.8 Å². The highest BCUT2D eigenvalue weighted by Gasteiger charge is 2.16. The highest BCUT2D eigenvalue weighted by atomic mass is 35.5. The van der Waals surface area contributed by atoms with Gasteiger partial charge in [-0.15, -0.1) is 11.6 Å². The van der Waals surface area contributed by atoms with Crippen molar-refractivity contribution in [3.05, 3.63) is 0 Å². The van der Waals surface area contributed by atoms with E-state index in [2.05, 4.69) is 5.32 Å². The second kappa shape index (κ2) is 6.71. The molecule has 0 aromatic carbocycles. The summed E-state index contributed by atoms with van der Waals surface area (Å²) >= 11 is 5.75. The van der Waals surface area contributed by atoms with E-state index in [-0.39, 0.29) is 16.9 Å². The molecular formula is C10H22ClNO2S. The number of rotatable bonds is 8. The van der Waals surface area contributed by atoms with E-state index in [0.717, 1.165) is 6.54 Å². The first-order chi connectivity index (χ1) is 6.83. The van der Waals surface area contributed by atoms with Crippen LogP contribution in [-0.4, -0.2) is 38.9 Å². The highest BCUT2D eigenvalue weighted by Crippen LogP contribution is 2.14. The lowest BCUT2D eigenvalue weighted by Crippen LogP contribution is -2.34. The summed E-state index contributed by atoms with van der Waals surface area (Å²) in [6, 6.07) is 0. The average Bonchev–Trinajstić information content (AvgIpc) is 2.13. The Morgan fingerprint density at radius 1 is 1.27 bits per heavy atom. The summed E-state index contributed by atoms with van der Waals surface area (Å²) < 4.78 is 22.7. The van der Waals surface area contributed by atoms with Crippen LogP contribution in [0.5, 0.6) is 0 Å². The number of alkyl halides is 1. The molecule has 0 saturated heterocycles. The molecule has 92 valence electrons. The van der Waals surface area contributed by atoms with Crippen molar-refractivity contribution in [3.8, 4) is 0 Å². The Morgan fingerprint density at radius 3 is 2.33 bits per heavy atom. The van der Waals surface area contributed by atoms with Crippen LogP contribution in [0.3, 0.4) is 0 Å². The third-order valence-corrected chi connectivity index (χ3v) is 4.65. The molecule has 5 heteroatoms. The van der Waals surface area contributed by atoms with Crippen LogP contribution in [0, 0.1) is 5.41 Å². The van der Waals surface area contributed by atoms with Crippen LogP contribution in [0.15, 0.2) is 0 Å². The number of sulfone groups is 1. The second-order valence-corrected chi connectivity index (χ2v) is 7.20. The van der Waals surface area contributed by atoms with E-state index in [1.54, 1.807) is 0 Å². The van der Waals surface area contributed by atoms with Crippen LogP contribution >= 0.6 is 11.6 Å². The van der Waals surface area contributed by atoms with E-state index in [0.29, 0.717) is 18.8 Å². The summed E-state index contributed by atoms with van der Waals surface area (Å²) in [5.41, 5.74) is 0.0239. The van der Waals surface area contributed by atoms with Crippen LogP contribution in [-0.2, 0) is 9.84 Å². The zero-order chi connectivity index (χ0) is 11.9. The third-order valence-electron chi connectivity index (χ3n) is 2.07. The Bertz CT molecular complexity index is 263. The summed E-state index contributed by atoms with van der Waals surface area (Å²) in [5.74, 6) is 1.08. The van der Waals surface area contributed by atoms with Crippen molar-refractivity contribution < 1.29 is 8.42 Å². The average molecular weight is 256 g/mol. The Kier molecular flexibility index (Phi) is 6.80. The van der Waals surface area contributed by atoms with Gasteiger partial charge in [0.05, 0.1) is 5.75 Å². The predicted molar refractivity (Wildman–Crippen MR) is 66.3 cm³/mol. The summed E-state index contributed by atoms with van der Waals surface area (Å²) in [7, 11) is -2.85. The number of hydrogen-bond acceptors (Lipinski definition) is 3. The zero-order valence-electron chi connectivity index (χ0n) is 9.85. The fraction of sp³-hybridized carbons (Fsp3) is 1.00. The first-order valence-corrected chi connectivity index (χ1v) is 7.66. The van der Waals surface area contributed by atoms with Crippen LogP contribution in [0.4, 0.5) is 0 Å². The summed E-state index contributed by atoms with van der Waals surface area (Å²) in [6.45, 7) is 7.24. The van der Waals surface area contributed by atoms with E-state index in [1.807, 2.05) is 20.8 Å². The fourth-order valence-corrected chi connectivity index (χ4v) is 2.49. The van der Waals surface area contributed by atoms with Crippen molar-refractivity contribution in [3.63, 3.8) is 0 Å². The summed E-state index contributed by atoms with van der Waals surface area (Å²) in [5, 5.41) is 3.13. The monoisotopic (exact) mass is 255 g/mol. The molecule has 0 saturated carbocycles. The Balaban J connectivity index is 3.72. The number of nitrogens with one attached hydrogen (secondary N) is 1. The Hall–Kier alpha value is 0.200. The zero-order valence-corrected chi connectivity index (χ0v) is 11.4. The van der Waals surface area contributed by atoms with Crippen molar-refractivity contribution >= 4 is 21.4 Å². The first kappa shape index (κ1) is 15.2. The van der Waals surface area contributed by atoms with Crippen LogP contribution < -0.4 is 5.32 Å². The predicted octanol–water partition coefficient (Wildman–Crippen LogP) is 1.67. The molecular weight excluding hydrogens is 234 g/mol. The quantitative estimate of drug-likeness (QED) is 0.530. The van der Waals surface area contributed by atoms with Crippen molar-refractivity contribution in [1.82, 2.24) is 5.32 Å². The van der Waals surface area contributed by atoms with Gasteiger partial charge in [0.15, 0.2) is 9.84 Å². The van der Waals surface area contributed by atoms with Crippen LogP contribution in [0.25, 0.3) is 0 Å². The molecule has 15 heavy (non-hydrogen) atoms. The molecule has 0 spiro atoms. The summed E-state index contributed by atoms with van der Waals surface area (Å²) in [4.78, 5) is 0. The van der Waals surface area contributed by atoms with Gasteiger partial charge in [-0.05, 0) is 11.8 Å². The van der Waals surface area contributed by atoms with Crippen molar-refractivity contribution in [2.45, 2.75) is 27.2 Å². The molecule has 0 unspecified atom stereocenters. The molecule has 0 heterocycles. The molecule has 0 rings (SSSR count). The molecule has 0 fully saturated rings. The second-order valence-electron chi connectivity index (χ2n) is 4.63. The molecule has 0 aromatic rings. The molecule has 0 aromatic heterocycles. The molecule has 0 aliphatic carbocycles. The minimum absolute atomic E-state index is 0.0239. The molecule has 0 aliphatic rings. The topological polar surface area (TPSA) is 46.2 Å². The molecule has 0 atom stereocenters. The maximum absolute atomic E-state index is 11.4. The maximum Gasteiger partial charge on any atom is 0.151 e. The van der Waals surface area contributed by atoms with E-state index in [1.165, 1.54) is 0 Å². The van der Waals surface area contributed by atoms with Crippen molar-refractivity contribution in [2.24, 2.45) is 5.41 Å². The van der Waals surface area contributed by atoms with Gasteiger partial charge < -0.3 is 5.32 Å². The van der Waals surface area contributed by atoms with Crippen molar-refractivity contribution in [1.29, 1.82) is 0 Å². The fourth-order valence-electron chi connectivity index (χ4n) is 1.11. The third kappa shape index (κ3) is 8.05. The molecule has 0 radical (unpaired) electrons. The van der Waals surface area contributed by atoms with E-state index in [4.69, 9.17) is 11.6 Å². The van der Waals surface area contributed by atoms with Gasteiger partial charge >= 0.3 is 0 Å². The van der Waals surface area contributed by atoms with Gasteiger partial charge in [0.1, 0.15) is 0 Å². The number of hydrogen-bond donors (Lipinski definition) is 1. The van der Waals surface area contributed by atoms with Gasteiger partial charge in [0, 0.05) is 24.7 Å². The van der Waals surface area contributed by atoms with Gasteiger partial charge in [-0.25, -0.2) is 8.42 Å². The largest absolute Gasteiger partial charge is 0.315 e. The standard InChI is InChI=1S/C10H22ClNO2S/c1-4-6-15(13,14)7-5-12-9-10(2,3)8-11/h12H,4-9H2,1-3H3. The summed E-state index contributed by atoms with van der Waals surface area (Å²) in [6.07, 6.45) is 0.690. The lowest BCUT2D eigenvalue weighted by Gasteiger charge is -2.21. The maximum atomic E-state index is 11.4. The van der Waals surface area contributed by atoms with E-state index in [9.17, 15) is 8.42 Å². The lowest BCUT2D eigenvalue weighted by atomic mass is 9.97. The normalized spacial score (nSPS) is 13.1. The number of halogens is 1. The SMILES string of the molecule is CCCS(=O)(=O)CCNCC(C)(C)CCl. The molecule has 0 amide bonds. The molecule has 1 N–H and O–H groups in total. The Labute approximate surface area is 98.5 Å². The highest BCUT2D eigenvalue weighted by molar-refractivity contribution is 7.91. The van der Waals surface area contributed by atoms with E-state index >= 15 is 0 Å². The van der Waals surface area contributed by atoms with Gasteiger partial charge in [-0.3, -0.25) is 0 Å². The Morgan fingerprint density at radius 2 is 1.87 bits per heavy atom. The molecule has 0 aliphatic heterocycles.